The van der Waals surface area contributed by atoms with E-state index in [0.29, 0.717) is 6.07 Å². The first-order chi connectivity index (χ1) is 5.65. The third kappa shape index (κ3) is 1.73. The highest BCUT2D eigenvalue weighted by atomic mass is 19.3. The Morgan fingerprint density at radius 2 is 2.17 bits per heavy atom. The van der Waals surface area contributed by atoms with E-state index in [0.717, 1.165) is 6.20 Å². The Labute approximate surface area is 66.7 Å². The van der Waals surface area contributed by atoms with Gasteiger partial charge in [-0.25, -0.2) is 13.2 Å². The van der Waals surface area contributed by atoms with Crippen LogP contribution in [-0.4, -0.2) is 10.1 Å². The maximum absolute atomic E-state index is 12.4. The summed E-state index contributed by atoms with van der Waals surface area (Å²) in [6.07, 6.45) is -2.02. The number of alkyl halides is 2. The first-order valence-corrected chi connectivity index (χ1v) is 3.18. The number of hydrogen-bond donors (Lipinski definition) is 1. The summed E-state index contributed by atoms with van der Waals surface area (Å²) in [5.41, 5.74) is -0.746. The monoisotopic (exact) mass is 177 g/mol. The molecule has 1 rings (SSSR count). The predicted octanol–water partition coefficient (Wildman–Crippen LogP) is 1.65. The molecule has 0 bridgehead atoms. The number of hydrogen-bond acceptors (Lipinski definition) is 2. The summed E-state index contributed by atoms with van der Waals surface area (Å²) < 4.78 is 36.5. The van der Waals surface area contributed by atoms with Crippen molar-refractivity contribution in [3.8, 4) is 0 Å². The summed E-state index contributed by atoms with van der Waals surface area (Å²) in [5.74, 6) is -0.831. The number of halogens is 3. The second kappa shape index (κ2) is 3.53. The van der Waals surface area contributed by atoms with Gasteiger partial charge in [0.2, 0.25) is 0 Å². The summed E-state index contributed by atoms with van der Waals surface area (Å²) >= 11 is 0. The molecular weight excluding hydrogens is 171 g/mol. The van der Waals surface area contributed by atoms with Gasteiger partial charge >= 0.3 is 0 Å². The van der Waals surface area contributed by atoms with Crippen molar-refractivity contribution in [2.24, 2.45) is 0 Å². The van der Waals surface area contributed by atoms with Crippen molar-refractivity contribution in [1.29, 1.82) is 0 Å². The lowest BCUT2D eigenvalue weighted by Crippen LogP contribution is -1.99. The van der Waals surface area contributed by atoms with Gasteiger partial charge in [-0.05, 0) is 6.07 Å². The third-order valence-corrected chi connectivity index (χ3v) is 1.36. The zero-order chi connectivity index (χ0) is 9.14. The molecule has 0 spiro atoms. The van der Waals surface area contributed by atoms with Gasteiger partial charge in [-0.3, -0.25) is 4.98 Å². The molecule has 12 heavy (non-hydrogen) atoms. The van der Waals surface area contributed by atoms with E-state index in [-0.39, 0.29) is 5.69 Å². The molecule has 2 nitrogen and oxygen atoms in total. The number of aliphatic hydroxyl groups is 1. The quantitative estimate of drug-likeness (QED) is 0.745. The zero-order valence-corrected chi connectivity index (χ0v) is 5.97. The summed E-state index contributed by atoms with van der Waals surface area (Å²) in [6.45, 7) is -0.611. The van der Waals surface area contributed by atoms with Crippen molar-refractivity contribution in [2.45, 2.75) is 13.0 Å². The normalized spacial score (nSPS) is 10.8. The number of aromatic nitrogens is 1. The number of nitrogens with zero attached hydrogens (tertiary/aromatic N) is 1. The Kier molecular flexibility index (Phi) is 2.65. The van der Waals surface area contributed by atoms with Crippen molar-refractivity contribution < 1.29 is 18.3 Å². The largest absolute Gasteiger partial charge is 0.390 e. The van der Waals surface area contributed by atoms with Crippen molar-refractivity contribution in [3.63, 3.8) is 0 Å². The molecule has 1 heterocycles. The van der Waals surface area contributed by atoms with Gasteiger partial charge in [0.1, 0.15) is 5.82 Å². The Bertz CT molecular complexity index is 277. The van der Waals surface area contributed by atoms with Gasteiger partial charge in [0.05, 0.1) is 18.5 Å². The van der Waals surface area contributed by atoms with Crippen LogP contribution >= 0.6 is 0 Å². The van der Waals surface area contributed by atoms with Crippen LogP contribution in [0.3, 0.4) is 0 Å². The van der Waals surface area contributed by atoms with E-state index in [1.165, 1.54) is 0 Å². The smallest absolute Gasteiger partial charge is 0.265 e. The average molecular weight is 177 g/mol. The first-order valence-electron chi connectivity index (χ1n) is 3.18. The molecule has 1 aromatic rings. The van der Waals surface area contributed by atoms with Gasteiger partial charge in [-0.2, -0.15) is 0 Å². The van der Waals surface area contributed by atoms with Gasteiger partial charge in [-0.15, -0.1) is 0 Å². The molecule has 0 saturated carbocycles. The minimum atomic E-state index is -2.81. The molecule has 0 saturated heterocycles. The van der Waals surface area contributed by atoms with Gasteiger partial charge < -0.3 is 5.11 Å². The minimum Gasteiger partial charge on any atom is -0.390 e. The molecule has 66 valence electrons. The van der Waals surface area contributed by atoms with Gasteiger partial charge in [0.15, 0.2) is 0 Å². The lowest BCUT2D eigenvalue weighted by atomic mass is 10.2. The van der Waals surface area contributed by atoms with E-state index in [1.54, 1.807) is 0 Å². The van der Waals surface area contributed by atoms with Gasteiger partial charge in [-0.1, -0.05) is 0 Å². The molecule has 0 amide bonds. The van der Waals surface area contributed by atoms with Crippen LogP contribution < -0.4 is 0 Å². The van der Waals surface area contributed by atoms with E-state index < -0.39 is 24.4 Å². The molecule has 5 heteroatoms. The van der Waals surface area contributed by atoms with E-state index >= 15 is 0 Å². The molecule has 0 aromatic carbocycles. The molecule has 0 aliphatic heterocycles. The molecule has 0 aliphatic rings. The molecular formula is C7H6F3NO. The van der Waals surface area contributed by atoms with Gasteiger partial charge in [0, 0.05) is 5.56 Å². The molecule has 1 aromatic heterocycles. The zero-order valence-electron chi connectivity index (χ0n) is 5.97. The molecule has 0 atom stereocenters. The molecule has 1 N–H and O–H groups in total. The van der Waals surface area contributed by atoms with E-state index in [9.17, 15) is 13.2 Å². The SMILES string of the molecule is OCc1ncc(F)cc1C(F)F. The Balaban J connectivity index is 3.12. The van der Waals surface area contributed by atoms with Crippen LogP contribution in [0.15, 0.2) is 12.3 Å². The fraction of sp³-hybridized carbons (Fsp3) is 0.286. The summed E-state index contributed by atoms with van der Waals surface area (Å²) in [6, 6.07) is 0.670. The topological polar surface area (TPSA) is 33.1 Å². The second-order valence-electron chi connectivity index (χ2n) is 2.15. The highest BCUT2D eigenvalue weighted by Gasteiger charge is 2.14. The first kappa shape index (κ1) is 8.99. The highest BCUT2D eigenvalue weighted by Crippen LogP contribution is 2.21. The van der Waals surface area contributed by atoms with Crippen molar-refractivity contribution in [2.75, 3.05) is 0 Å². The van der Waals surface area contributed by atoms with Crippen molar-refractivity contribution in [1.82, 2.24) is 4.98 Å². The van der Waals surface area contributed by atoms with Crippen LogP contribution in [0.4, 0.5) is 13.2 Å². The molecule has 0 aliphatic carbocycles. The summed E-state index contributed by atoms with van der Waals surface area (Å²) in [5, 5.41) is 8.54. The maximum Gasteiger partial charge on any atom is 0.265 e. The standard InChI is InChI=1S/C7H6F3NO/c8-4-1-5(7(9)10)6(3-12)11-2-4/h1-2,7,12H,3H2. The summed E-state index contributed by atoms with van der Waals surface area (Å²) in [4.78, 5) is 3.31. The molecule has 0 fully saturated rings. The van der Waals surface area contributed by atoms with E-state index in [4.69, 9.17) is 5.11 Å². The Hall–Kier alpha value is -1.10. The number of rotatable bonds is 2. The fourth-order valence-electron chi connectivity index (χ4n) is 0.804. The maximum atomic E-state index is 12.4. The average Bonchev–Trinajstić information content (AvgIpc) is 2.04. The van der Waals surface area contributed by atoms with Gasteiger partial charge in [0.25, 0.3) is 6.43 Å². The van der Waals surface area contributed by atoms with E-state index in [2.05, 4.69) is 4.98 Å². The third-order valence-electron chi connectivity index (χ3n) is 1.36. The highest BCUT2D eigenvalue weighted by molar-refractivity contribution is 5.21. The lowest BCUT2D eigenvalue weighted by Gasteiger charge is -2.04. The van der Waals surface area contributed by atoms with E-state index in [1.807, 2.05) is 0 Å². The number of aliphatic hydroxyl groups excluding tert-OH is 1. The fourth-order valence-corrected chi connectivity index (χ4v) is 0.804. The van der Waals surface area contributed by atoms with Crippen LogP contribution in [0, 0.1) is 5.82 Å². The second-order valence-corrected chi connectivity index (χ2v) is 2.15. The predicted molar refractivity (Wildman–Crippen MR) is 35.1 cm³/mol. The van der Waals surface area contributed by atoms with Crippen LogP contribution in [0.2, 0.25) is 0 Å². The van der Waals surface area contributed by atoms with Crippen LogP contribution in [0.5, 0.6) is 0 Å². The Morgan fingerprint density at radius 3 is 2.67 bits per heavy atom. The minimum absolute atomic E-state index is 0.189. The van der Waals surface area contributed by atoms with Crippen molar-refractivity contribution >= 4 is 0 Å². The van der Waals surface area contributed by atoms with Crippen LogP contribution in [0.25, 0.3) is 0 Å². The lowest BCUT2D eigenvalue weighted by molar-refractivity contribution is 0.145. The summed E-state index contributed by atoms with van der Waals surface area (Å²) in [7, 11) is 0. The van der Waals surface area contributed by atoms with Crippen molar-refractivity contribution in [3.05, 3.63) is 29.3 Å². The molecule has 0 unspecified atom stereocenters. The van der Waals surface area contributed by atoms with Crippen LogP contribution in [-0.2, 0) is 6.61 Å². The Morgan fingerprint density at radius 1 is 1.50 bits per heavy atom. The number of pyridine rings is 1. The molecule has 0 radical (unpaired) electrons. The van der Waals surface area contributed by atoms with Crippen LogP contribution in [0.1, 0.15) is 17.7 Å².